The summed E-state index contributed by atoms with van der Waals surface area (Å²) in [5, 5.41) is 4.88. The van der Waals surface area contributed by atoms with Gasteiger partial charge in [0.15, 0.2) is 5.13 Å². The zero-order valence-corrected chi connectivity index (χ0v) is 13.2. The predicted molar refractivity (Wildman–Crippen MR) is 89.8 cm³/mol. The van der Waals surface area contributed by atoms with Crippen molar-refractivity contribution in [3.63, 3.8) is 0 Å². The van der Waals surface area contributed by atoms with E-state index in [1.165, 1.54) is 5.56 Å². The Labute approximate surface area is 132 Å². The number of halogens is 1. The summed E-state index contributed by atoms with van der Waals surface area (Å²) in [6.45, 7) is 3.36. The van der Waals surface area contributed by atoms with Gasteiger partial charge in [0.05, 0.1) is 16.8 Å². The minimum atomic E-state index is 0.597. The summed E-state index contributed by atoms with van der Waals surface area (Å²) < 4.78 is 6.82. The second kappa shape index (κ2) is 6.33. The third-order valence-corrected chi connectivity index (χ3v) is 4.22. The molecule has 0 atom stereocenters. The van der Waals surface area contributed by atoms with Crippen molar-refractivity contribution in [2.75, 3.05) is 18.5 Å². The number of hydrogen-bond donors (Lipinski definition) is 1. The van der Waals surface area contributed by atoms with Crippen LogP contribution in [0.1, 0.15) is 5.56 Å². The Kier molecular flexibility index (Phi) is 4.27. The maximum Gasteiger partial charge on any atom is 0.183 e. The number of nitrogens with one attached hydrogen (secondary N) is 1. The van der Waals surface area contributed by atoms with Crippen LogP contribution in [0.2, 0.25) is 5.02 Å². The quantitative estimate of drug-likeness (QED) is 0.689. The summed E-state index contributed by atoms with van der Waals surface area (Å²) in [6.07, 6.45) is 0. The summed E-state index contributed by atoms with van der Waals surface area (Å²) in [4.78, 5) is 4.50. The average Bonchev–Trinajstić information content (AvgIpc) is 2.85. The number of anilines is 1. The van der Waals surface area contributed by atoms with Gasteiger partial charge in [-0.3, -0.25) is 0 Å². The molecule has 0 aliphatic carbocycles. The van der Waals surface area contributed by atoms with Crippen LogP contribution in [-0.4, -0.2) is 18.1 Å². The van der Waals surface area contributed by atoms with Crippen LogP contribution in [0.15, 0.2) is 42.5 Å². The van der Waals surface area contributed by atoms with E-state index in [4.69, 9.17) is 16.3 Å². The smallest absolute Gasteiger partial charge is 0.183 e. The number of fused-ring (bicyclic) bond motifs is 1. The molecule has 1 aromatic heterocycles. The van der Waals surface area contributed by atoms with Gasteiger partial charge in [-0.2, -0.15) is 0 Å². The van der Waals surface area contributed by atoms with Crippen molar-refractivity contribution in [2.45, 2.75) is 6.92 Å². The topological polar surface area (TPSA) is 34.1 Å². The Bertz CT molecular complexity index is 757. The second-order valence-corrected chi connectivity index (χ2v) is 6.19. The molecule has 3 rings (SSSR count). The molecule has 0 radical (unpaired) electrons. The molecule has 0 fully saturated rings. The largest absolute Gasteiger partial charge is 0.492 e. The van der Waals surface area contributed by atoms with Gasteiger partial charge in [0, 0.05) is 5.02 Å². The van der Waals surface area contributed by atoms with Gasteiger partial charge >= 0.3 is 0 Å². The molecule has 5 heteroatoms. The van der Waals surface area contributed by atoms with Crippen LogP contribution in [-0.2, 0) is 0 Å². The van der Waals surface area contributed by atoms with Gasteiger partial charge in [-0.05, 0) is 42.8 Å². The fourth-order valence-electron chi connectivity index (χ4n) is 2.01. The molecule has 1 N–H and O–H groups in total. The van der Waals surface area contributed by atoms with Crippen molar-refractivity contribution in [3.05, 3.63) is 53.1 Å². The highest BCUT2D eigenvalue weighted by atomic mass is 35.5. The summed E-state index contributed by atoms with van der Waals surface area (Å²) in [7, 11) is 0. The lowest BCUT2D eigenvalue weighted by Crippen LogP contribution is -2.11. The van der Waals surface area contributed by atoms with Crippen molar-refractivity contribution in [1.82, 2.24) is 4.98 Å². The van der Waals surface area contributed by atoms with Gasteiger partial charge in [-0.25, -0.2) is 4.98 Å². The zero-order chi connectivity index (χ0) is 14.7. The summed E-state index contributed by atoms with van der Waals surface area (Å²) in [5.74, 6) is 0.896. The zero-order valence-electron chi connectivity index (χ0n) is 11.6. The highest BCUT2D eigenvalue weighted by Gasteiger charge is 2.03. The number of aromatic nitrogens is 1. The van der Waals surface area contributed by atoms with Crippen molar-refractivity contribution in [2.24, 2.45) is 0 Å². The van der Waals surface area contributed by atoms with Crippen molar-refractivity contribution in [3.8, 4) is 5.75 Å². The Hall–Kier alpha value is -1.78. The number of hydrogen-bond acceptors (Lipinski definition) is 4. The summed E-state index contributed by atoms with van der Waals surface area (Å²) in [5.41, 5.74) is 2.12. The Morgan fingerprint density at radius 2 is 2.14 bits per heavy atom. The molecule has 2 aromatic carbocycles. The van der Waals surface area contributed by atoms with Gasteiger partial charge < -0.3 is 10.1 Å². The molecule has 0 spiro atoms. The minimum absolute atomic E-state index is 0.597. The molecule has 0 aliphatic heterocycles. The molecule has 0 bridgehead atoms. The molecule has 0 amide bonds. The SMILES string of the molecule is Cc1cccc(OCCNc2nc3cc(Cl)ccc3s2)c1. The average molecular weight is 319 g/mol. The van der Waals surface area contributed by atoms with E-state index in [1.54, 1.807) is 11.3 Å². The Morgan fingerprint density at radius 3 is 3.00 bits per heavy atom. The van der Waals surface area contributed by atoms with Gasteiger partial charge in [0.2, 0.25) is 0 Å². The first-order chi connectivity index (χ1) is 10.2. The normalized spacial score (nSPS) is 10.8. The van der Waals surface area contributed by atoms with E-state index in [-0.39, 0.29) is 0 Å². The van der Waals surface area contributed by atoms with E-state index >= 15 is 0 Å². The summed E-state index contributed by atoms with van der Waals surface area (Å²) >= 11 is 7.58. The van der Waals surface area contributed by atoms with Crippen molar-refractivity contribution >= 4 is 38.3 Å². The van der Waals surface area contributed by atoms with E-state index < -0.39 is 0 Å². The van der Waals surface area contributed by atoms with E-state index in [9.17, 15) is 0 Å². The van der Waals surface area contributed by atoms with Crippen LogP contribution in [0.5, 0.6) is 5.75 Å². The molecule has 0 saturated carbocycles. The van der Waals surface area contributed by atoms with E-state index in [0.717, 1.165) is 21.1 Å². The Balaban J connectivity index is 1.54. The maximum atomic E-state index is 5.96. The van der Waals surface area contributed by atoms with Crippen molar-refractivity contribution < 1.29 is 4.74 Å². The van der Waals surface area contributed by atoms with E-state index in [1.807, 2.05) is 36.4 Å². The number of aryl methyl sites for hydroxylation is 1. The maximum absolute atomic E-state index is 5.96. The van der Waals surface area contributed by atoms with E-state index in [0.29, 0.717) is 18.2 Å². The molecule has 1 heterocycles. The first-order valence-corrected chi connectivity index (χ1v) is 7.89. The molecule has 0 unspecified atom stereocenters. The number of rotatable bonds is 5. The number of nitrogens with zero attached hydrogens (tertiary/aromatic N) is 1. The molecule has 0 saturated heterocycles. The predicted octanol–water partition coefficient (Wildman–Crippen LogP) is 4.75. The molecular formula is C16H15ClN2OS. The Morgan fingerprint density at radius 1 is 1.24 bits per heavy atom. The lowest BCUT2D eigenvalue weighted by molar-refractivity contribution is 0.332. The third kappa shape index (κ3) is 3.65. The minimum Gasteiger partial charge on any atom is -0.492 e. The lowest BCUT2D eigenvalue weighted by atomic mass is 10.2. The van der Waals surface area contributed by atoms with Gasteiger partial charge in [0.25, 0.3) is 0 Å². The standard InChI is InChI=1S/C16H15ClN2OS/c1-11-3-2-4-13(9-11)20-8-7-18-16-19-14-10-12(17)5-6-15(14)21-16/h2-6,9-10H,7-8H2,1H3,(H,18,19). The molecule has 108 valence electrons. The van der Waals surface area contributed by atoms with Crippen LogP contribution < -0.4 is 10.1 Å². The molecule has 3 nitrogen and oxygen atoms in total. The first kappa shape index (κ1) is 14.2. The highest BCUT2D eigenvalue weighted by molar-refractivity contribution is 7.22. The van der Waals surface area contributed by atoms with Gasteiger partial charge in [0.1, 0.15) is 12.4 Å². The fourth-order valence-corrected chi connectivity index (χ4v) is 3.05. The van der Waals surface area contributed by atoms with E-state index in [2.05, 4.69) is 23.3 Å². The third-order valence-electron chi connectivity index (χ3n) is 2.99. The van der Waals surface area contributed by atoms with Crippen LogP contribution in [0, 0.1) is 6.92 Å². The highest BCUT2D eigenvalue weighted by Crippen LogP contribution is 2.27. The van der Waals surface area contributed by atoms with Crippen LogP contribution in [0.4, 0.5) is 5.13 Å². The lowest BCUT2D eigenvalue weighted by Gasteiger charge is -2.07. The second-order valence-electron chi connectivity index (χ2n) is 4.72. The molecular weight excluding hydrogens is 304 g/mol. The number of ether oxygens (including phenoxy) is 1. The fraction of sp³-hybridized carbons (Fsp3) is 0.188. The summed E-state index contributed by atoms with van der Waals surface area (Å²) in [6, 6.07) is 13.8. The number of benzene rings is 2. The monoisotopic (exact) mass is 318 g/mol. The molecule has 0 aliphatic rings. The first-order valence-electron chi connectivity index (χ1n) is 6.70. The van der Waals surface area contributed by atoms with Crippen LogP contribution in [0.25, 0.3) is 10.2 Å². The van der Waals surface area contributed by atoms with Crippen LogP contribution >= 0.6 is 22.9 Å². The van der Waals surface area contributed by atoms with Gasteiger partial charge in [-0.1, -0.05) is 35.1 Å². The van der Waals surface area contributed by atoms with Crippen molar-refractivity contribution in [1.29, 1.82) is 0 Å². The van der Waals surface area contributed by atoms with Gasteiger partial charge in [-0.15, -0.1) is 0 Å². The van der Waals surface area contributed by atoms with Crippen LogP contribution in [0.3, 0.4) is 0 Å². The number of thiazole rings is 1. The molecule has 3 aromatic rings. The molecule has 21 heavy (non-hydrogen) atoms.